The lowest BCUT2D eigenvalue weighted by atomic mass is 10.2. The summed E-state index contributed by atoms with van der Waals surface area (Å²) in [5, 5.41) is 2.74. The van der Waals surface area contributed by atoms with Gasteiger partial charge in [0.05, 0.1) is 12.7 Å². The van der Waals surface area contributed by atoms with Crippen LogP contribution in [0.2, 0.25) is 0 Å². The summed E-state index contributed by atoms with van der Waals surface area (Å²) < 4.78 is 9.78. The number of carbonyl (C=O) groups excluding carboxylic acids is 2. The van der Waals surface area contributed by atoms with Gasteiger partial charge in [0.15, 0.2) is 0 Å². The van der Waals surface area contributed by atoms with Gasteiger partial charge in [-0.3, -0.25) is 4.79 Å². The van der Waals surface area contributed by atoms with Crippen molar-refractivity contribution in [3.05, 3.63) is 29.8 Å². The van der Waals surface area contributed by atoms with Crippen LogP contribution >= 0.6 is 0 Å². The highest BCUT2D eigenvalue weighted by atomic mass is 16.5. The van der Waals surface area contributed by atoms with Crippen LogP contribution in [0.1, 0.15) is 30.1 Å². The second-order valence-electron chi connectivity index (χ2n) is 3.92. The van der Waals surface area contributed by atoms with E-state index in [1.54, 1.807) is 24.3 Å². The van der Waals surface area contributed by atoms with Gasteiger partial charge >= 0.3 is 5.97 Å². The zero-order chi connectivity index (χ0) is 14.1. The topological polar surface area (TPSA) is 64.6 Å². The van der Waals surface area contributed by atoms with E-state index in [1.165, 1.54) is 7.11 Å². The summed E-state index contributed by atoms with van der Waals surface area (Å²) in [5.41, 5.74) is 0.999. The SMILES string of the molecule is CCOCCCC(=O)Nc1cccc(C(=O)OC)c1. The van der Waals surface area contributed by atoms with E-state index in [0.717, 1.165) is 0 Å². The molecule has 1 rings (SSSR count). The van der Waals surface area contributed by atoms with Gasteiger partial charge in [0.25, 0.3) is 0 Å². The van der Waals surface area contributed by atoms with Crippen molar-refractivity contribution in [2.45, 2.75) is 19.8 Å². The Kier molecular flexibility index (Phi) is 6.60. The van der Waals surface area contributed by atoms with Crippen molar-refractivity contribution in [2.75, 3.05) is 25.6 Å². The van der Waals surface area contributed by atoms with E-state index < -0.39 is 5.97 Å². The van der Waals surface area contributed by atoms with Crippen molar-refractivity contribution >= 4 is 17.6 Å². The molecule has 5 nitrogen and oxygen atoms in total. The summed E-state index contributed by atoms with van der Waals surface area (Å²) in [6, 6.07) is 6.65. The summed E-state index contributed by atoms with van der Waals surface area (Å²) in [4.78, 5) is 23.0. The molecule has 1 N–H and O–H groups in total. The highest BCUT2D eigenvalue weighted by Crippen LogP contribution is 2.12. The third-order valence-corrected chi connectivity index (χ3v) is 2.46. The van der Waals surface area contributed by atoms with Crippen LogP contribution in [0, 0.1) is 0 Å². The lowest BCUT2D eigenvalue weighted by molar-refractivity contribution is -0.116. The van der Waals surface area contributed by atoms with Gasteiger partial charge in [-0.2, -0.15) is 0 Å². The van der Waals surface area contributed by atoms with E-state index in [4.69, 9.17) is 4.74 Å². The number of amides is 1. The van der Waals surface area contributed by atoms with Crippen molar-refractivity contribution in [3.8, 4) is 0 Å². The molecule has 0 atom stereocenters. The minimum absolute atomic E-state index is 0.0956. The number of ether oxygens (including phenoxy) is 2. The van der Waals surface area contributed by atoms with Crippen LogP contribution < -0.4 is 5.32 Å². The van der Waals surface area contributed by atoms with Crippen molar-refractivity contribution in [1.29, 1.82) is 0 Å². The standard InChI is InChI=1S/C14H19NO4/c1-3-19-9-5-8-13(16)15-12-7-4-6-11(10-12)14(17)18-2/h4,6-7,10H,3,5,8-9H2,1-2H3,(H,15,16). The second-order valence-corrected chi connectivity index (χ2v) is 3.92. The smallest absolute Gasteiger partial charge is 0.337 e. The van der Waals surface area contributed by atoms with E-state index in [0.29, 0.717) is 37.3 Å². The molecule has 0 bridgehead atoms. The Hall–Kier alpha value is -1.88. The van der Waals surface area contributed by atoms with Crippen molar-refractivity contribution in [3.63, 3.8) is 0 Å². The highest BCUT2D eigenvalue weighted by molar-refractivity contribution is 5.94. The van der Waals surface area contributed by atoms with Crippen LogP contribution in [-0.4, -0.2) is 32.2 Å². The Morgan fingerprint density at radius 1 is 1.32 bits per heavy atom. The number of carbonyl (C=O) groups is 2. The van der Waals surface area contributed by atoms with Crippen molar-refractivity contribution in [2.24, 2.45) is 0 Å². The van der Waals surface area contributed by atoms with E-state index >= 15 is 0 Å². The van der Waals surface area contributed by atoms with Gasteiger partial charge in [0.1, 0.15) is 0 Å². The summed E-state index contributed by atoms with van der Waals surface area (Å²) in [7, 11) is 1.32. The fraction of sp³-hybridized carbons (Fsp3) is 0.429. The molecule has 0 aromatic heterocycles. The van der Waals surface area contributed by atoms with E-state index in [2.05, 4.69) is 10.1 Å². The van der Waals surface area contributed by atoms with E-state index in [1.807, 2.05) is 6.92 Å². The molecule has 1 aromatic rings. The lowest BCUT2D eigenvalue weighted by Gasteiger charge is -2.06. The minimum atomic E-state index is -0.424. The first-order valence-electron chi connectivity index (χ1n) is 6.23. The van der Waals surface area contributed by atoms with Gasteiger partial charge in [0.2, 0.25) is 5.91 Å². The molecule has 1 amide bonds. The molecular formula is C14H19NO4. The van der Waals surface area contributed by atoms with Gasteiger partial charge in [0, 0.05) is 25.3 Å². The monoisotopic (exact) mass is 265 g/mol. The molecule has 0 aliphatic heterocycles. The van der Waals surface area contributed by atoms with Gasteiger partial charge in [-0.1, -0.05) is 6.07 Å². The average Bonchev–Trinajstić information content (AvgIpc) is 2.43. The maximum Gasteiger partial charge on any atom is 0.337 e. The second kappa shape index (κ2) is 8.26. The van der Waals surface area contributed by atoms with Crippen molar-refractivity contribution in [1.82, 2.24) is 0 Å². The van der Waals surface area contributed by atoms with Crippen LogP contribution in [0.3, 0.4) is 0 Å². The third kappa shape index (κ3) is 5.52. The van der Waals surface area contributed by atoms with E-state index in [9.17, 15) is 9.59 Å². The molecule has 0 unspecified atom stereocenters. The normalized spacial score (nSPS) is 10.0. The summed E-state index contributed by atoms with van der Waals surface area (Å²) in [6.45, 7) is 3.15. The van der Waals surface area contributed by atoms with Crippen LogP contribution in [0.25, 0.3) is 0 Å². The summed E-state index contributed by atoms with van der Waals surface area (Å²) >= 11 is 0. The number of hydrogen-bond donors (Lipinski definition) is 1. The van der Waals surface area contributed by atoms with Crippen LogP contribution in [0.5, 0.6) is 0 Å². The molecule has 0 heterocycles. The Bertz CT molecular complexity index is 431. The zero-order valence-electron chi connectivity index (χ0n) is 11.3. The number of esters is 1. The molecule has 0 aliphatic carbocycles. The van der Waals surface area contributed by atoms with Gasteiger partial charge in [-0.05, 0) is 31.5 Å². The molecule has 0 fully saturated rings. The molecule has 0 radical (unpaired) electrons. The number of anilines is 1. The minimum Gasteiger partial charge on any atom is -0.465 e. The Morgan fingerprint density at radius 3 is 2.79 bits per heavy atom. The third-order valence-electron chi connectivity index (χ3n) is 2.46. The highest BCUT2D eigenvalue weighted by Gasteiger charge is 2.07. The first kappa shape index (κ1) is 15.2. The Labute approximate surface area is 112 Å². The summed E-state index contributed by atoms with van der Waals surface area (Å²) in [6.07, 6.45) is 1.07. The molecule has 104 valence electrons. The predicted molar refractivity (Wildman–Crippen MR) is 72.1 cm³/mol. The molecule has 1 aromatic carbocycles. The van der Waals surface area contributed by atoms with Gasteiger partial charge < -0.3 is 14.8 Å². The van der Waals surface area contributed by atoms with Crippen LogP contribution in [-0.2, 0) is 14.3 Å². The first-order valence-corrected chi connectivity index (χ1v) is 6.23. The predicted octanol–water partition coefficient (Wildman–Crippen LogP) is 2.23. The Balaban J connectivity index is 2.48. The van der Waals surface area contributed by atoms with Crippen LogP contribution in [0.15, 0.2) is 24.3 Å². The molecule has 0 aliphatic rings. The zero-order valence-corrected chi connectivity index (χ0v) is 11.3. The Morgan fingerprint density at radius 2 is 2.11 bits per heavy atom. The molecular weight excluding hydrogens is 246 g/mol. The molecule has 0 saturated heterocycles. The maximum atomic E-state index is 11.6. The number of rotatable bonds is 7. The quantitative estimate of drug-likeness (QED) is 0.606. The van der Waals surface area contributed by atoms with Gasteiger partial charge in [-0.15, -0.1) is 0 Å². The van der Waals surface area contributed by atoms with Gasteiger partial charge in [-0.25, -0.2) is 4.79 Å². The number of nitrogens with one attached hydrogen (secondary N) is 1. The van der Waals surface area contributed by atoms with E-state index in [-0.39, 0.29) is 5.91 Å². The van der Waals surface area contributed by atoms with Crippen LogP contribution in [0.4, 0.5) is 5.69 Å². The fourth-order valence-electron chi connectivity index (χ4n) is 1.54. The molecule has 5 heteroatoms. The number of hydrogen-bond acceptors (Lipinski definition) is 4. The van der Waals surface area contributed by atoms with Crippen molar-refractivity contribution < 1.29 is 19.1 Å². The summed E-state index contributed by atoms with van der Waals surface area (Å²) in [5.74, 6) is -0.519. The number of methoxy groups -OCH3 is 1. The average molecular weight is 265 g/mol. The maximum absolute atomic E-state index is 11.6. The lowest BCUT2D eigenvalue weighted by Crippen LogP contribution is -2.13. The molecule has 0 spiro atoms. The molecule has 0 saturated carbocycles. The largest absolute Gasteiger partial charge is 0.465 e. The molecule has 19 heavy (non-hydrogen) atoms. The first-order chi connectivity index (χ1) is 9.17. The number of benzene rings is 1. The fourth-order valence-corrected chi connectivity index (χ4v) is 1.54.